The Kier molecular flexibility index (Phi) is 4.62. The second kappa shape index (κ2) is 6.55. The van der Waals surface area contributed by atoms with E-state index in [-0.39, 0.29) is 16.9 Å². The zero-order chi connectivity index (χ0) is 17.3. The van der Waals surface area contributed by atoms with Gasteiger partial charge in [0, 0.05) is 25.0 Å². The number of nitrogens with two attached hydrogens (primary N) is 1. The van der Waals surface area contributed by atoms with E-state index in [1.54, 1.807) is 12.1 Å². The summed E-state index contributed by atoms with van der Waals surface area (Å²) in [5.41, 5.74) is 8.18. The molecule has 6 heteroatoms. The van der Waals surface area contributed by atoms with Crippen LogP contribution in [0.15, 0.2) is 53.4 Å². The quantitative estimate of drug-likeness (QED) is 0.920. The summed E-state index contributed by atoms with van der Waals surface area (Å²) in [7, 11) is -2.17. The summed E-state index contributed by atoms with van der Waals surface area (Å²) in [5.74, 6) is 0.356. The monoisotopic (exact) mass is 346 g/mol. The largest absolute Gasteiger partial charge is 0.495 e. The Balaban J connectivity index is 1.93. The van der Waals surface area contributed by atoms with Gasteiger partial charge in [-0.2, -0.15) is 4.31 Å². The Labute approximate surface area is 143 Å². The average Bonchev–Trinajstić information content (AvgIpc) is 2.98. The lowest BCUT2D eigenvalue weighted by molar-refractivity contribution is 0.397. The third kappa shape index (κ3) is 3.05. The molecule has 0 saturated carbocycles. The molecule has 2 atom stereocenters. The van der Waals surface area contributed by atoms with E-state index in [1.807, 2.05) is 43.3 Å². The van der Waals surface area contributed by atoms with Gasteiger partial charge in [0.25, 0.3) is 0 Å². The third-order valence-corrected chi connectivity index (χ3v) is 6.35. The van der Waals surface area contributed by atoms with Gasteiger partial charge in [0.1, 0.15) is 10.6 Å². The molecule has 1 saturated heterocycles. The van der Waals surface area contributed by atoms with Gasteiger partial charge in [0.15, 0.2) is 0 Å². The first kappa shape index (κ1) is 17.0. The Hall–Kier alpha value is -1.89. The topological polar surface area (TPSA) is 72.6 Å². The molecule has 1 aliphatic heterocycles. The standard InChI is InChI=1S/C18H22N2O3S/c1-13-8-9-17(23-2)18(10-13)24(21,22)20-11-15(16(19)12-20)14-6-4-3-5-7-14/h3-10,15-16H,11-12,19H2,1-2H3/t15-,16+/m0/s1. The molecule has 1 aliphatic rings. The highest BCUT2D eigenvalue weighted by Crippen LogP contribution is 2.33. The second-order valence-corrected chi connectivity index (χ2v) is 8.06. The molecule has 0 spiro atoms. The van der Waals surface area contributed by atoms with Crippen molar-refractivity contribution in [3.05, 3.63) is 59.7 Å². The summed E-state index contributed by atoms with van der Waals surface area (Å²) in [4.78, 5) is 0.200. The lowest BCUT2D eigenvalue weighted by Crippen LogP contribution is -2.32. The van der Waals surface area contributed by atoms with Gasteiger partial charge in [-0.05, 0) is 30.2 Å². The fraction of sp³-hybridized carbons (Fsp3) is 0.333. The van der Waals surface area contributed by atoms with Crippen molar-refractivity contribution in [2.24, 2.45) is 5.73 Å². The molecule has 128 valence electrons. The molecule has 2 N–H and O–H groups in total. The number of methoxy groups -OCH3 is 1. The molecular formula is C18H22N2O3S. The summed E-state index contributed by atoms with van der Waals surface area (Å²) < 4.78 is 32.9. The predicted molar refractivity (Wildman–Crippen MR) is 93.6 cm³/mol. The van der Waals surface area contributed by atoms with Crippen molar-refractivity contribution in [2.45, 2.75) is 23.8 Å². The molecule has 5 nitrogen and oxygen atoms in total. The summed E-state index contributed by atoms with van der Waals surface area (Å²) in [5, 5.41) is 0. The average molecular weight is 346 g/mol. The van der Waals surface area contributed by atoms with Crippen LogP contribution < -0.4 is 10.5 Å². The van der Waals surface area contributed by atoms with Crippen LogP contribution in [0.25, 0.3) is 0 Å². The van der Waals surface area contributed by atoms with Gasteiger partial charge >= 0.3 is 0 Å². The molecule has 1 fully saturated rings. The number of nitrogens with zero attached hydrogens (tertiary/aromatic N) is 1. The van der Waals surface area contributed by atoms with Crippen molar-refractivity contribution in [2.75, 3.05) is 20.2 Å². The van der Waals surface area contributed by atoms with Crippen LogP contribution in [0.4, 0.5) is 0 Å². The molecule has 0 aliphatic carbocycles. The SMILES string of the molecule is COc1ccc(C)cc1S(=O)(=O)N1C[C@@H](N)[C@H](c2ccccc2)C1. The molecule has 0 amide bonds. The minimum Gasteiger partial charge on any atom is -0.495 e. The normalized spacial score (nSPS) is 21.8. The number of ether oxygens (including phenoxy) is 1. The maximum atomic E-state index is 13.1. The number of aryl methyl sites for hydroxylation is 1. The smallest absolute Gasteiger partial charge is 0.246 e. The Morgan fingerprint density at radius 1 is 1.12 bits per heavy atom. The zero-order valence-corrected chi connectivity index (χ0v) is 14.7. The van der Waals surface area contributed by atoms with Gasteiger partial charge in [-0.1, -0.05) is 36.4 Å². The van der Waals surface area contributed by atoms with E-state index in [9.17, 15) is 8.42 Å². The van der Waals surface area contributed by atoms with Crippen molar-refractivity contribution < 1.29 is 13.2 Å². The molecule has 1 heterocycles. The lowest BCUT2D eigenvalue weighted by atomic mass is 9.95. The van der Waals surface area contributed by atoms with Gasteiger partial charge in [0.2, 0.25) is 10.0 Å². The minimum atomic E-state index is -3.65. The number of benzene rings is 2. The van der Waals surface area contributed by atoms with E-state index in [0.717, 1.165) is 11.1 Å². The number of rotatable bonds is 4. The molecule has 3 rings (SSSR count). The fourth-order valence-corrected chi connectivity index (χ4v) is 4.91. The Morgan fingerprint density at radius 3 is 2.50 bits per heavy atom. The van der Waals surface area contributed by atoms with Gasteiger partial charge in [0.05, 0.1) is 7.11 Å². The van der Waals surface area contributed by atoms with Gasteiger partial charge < -0.3 is 10.5 Å². The highest BCUT2D eigenvalue weighted by Gasteiger charge is 2.39. The van der Waals surface area contributed by atoms with Gasteiger partial charge in [-0.15, -0.1) is 0 Å². The Morgan fingerprint density at radius 2 is 1.83 bits per heavy atom. The first-order valence-electron chi connectivity index (χ1n) is 7.89. The number of sulfonamides is 1. The van der Waals surface area contributed by atoms with Crippen LogP contribution >= 0.6 is 0 Å². The van der Waals surface area contributed by atoms with Crippen LogP contribution in [0.1, 0.15) is 17.0 Å². The summed E-state index contributed by atoms with van der Waals surface area (Å²) in [6.07, 6.45) is 0. The summed E-state index contributed by atoms with van der Waals surface area (Å²) in [6.45, 7) is 2.55. The van der Waals surface area contributed by atoms with Crippen molar-refractivity contribution >= 4 is 10.0 Å². The Bertz CT molecular complexity index is 821. The van der Waals surface area contributed by atoms with Crippen LogP contribution in [0, 0.1) is 6.92 Å². The summed E-state index contributed by atoms with van der Waals surface area (Å²) >= 11 is 0. The first-order chi connectivity index (χ1) is 11.4. The van der Waals surface area contributed by atoms with Crippen molar-refractivity contribution in [1.29, 1.82) is 0 Å². The van der Waals surface area contributed by atoms with Crippen molar-refractivity contribution in [3.8, 4) is 5.75 Å². The van der Waals surface area contributed by atoms with Crippen LogP contribution in [0.2, 0.25) is 0 Å². The maximum absolute atomic E-state index is 13.1. The van der Waals surface area contributed by atoms with E-state index < -0.39 is 10.0 Å². The maximum Gasteiger partial charge on any atom is 0.246 e. The molecule has 0 radical (unpaired) electrons. The van der Waals surface area contributed by atoms with E-state index in [2.05, 4.69) is 0 Å². The van der Waals surface area contributed by atoms with E-state index in [0.29, 0.717) is 18.8 Å². The highest BCUT2D eigenvalue weighted by molar-refractivity contribution is 7.89. The van der Waals surface area contributed by atoms with Crippen molar-refractivity contribution in [1.82, 2.24) is 4.31 Å². The van der Waals surface area contributed by atoms with Crippen LogP contribution in [-0.2, 0) is 10.0 Å². The molecule has 2 aromatic rings. The molecule has 0 bridgehead atoms. The second-order valence-electron chi connectivity index (χ2n) is 6.16. The molecule has 24 heavy (non-hydrogen) atoms. The van der Waals surface area contributed by atoms with E-state index in [1.165, 1.54) is 11.4 Å². The van der Waals surface area contributed by atoms with Gasteiger partial charge in [-0.3, -0.25) is 0 Å². The third-order valence-electron chi connectivity index (χ3n) is 4.50. The van der Waals surface area contributed by atoms with Gasteiger partial charge in [-0.25, -0.2) is 8.42 Å². The molecular weight excluding hydrogens is 324 g/mol. The molecule has 0 aromatic heterocycles. The van der Waals surface area contributed by atoms with Crippen LogP contribution in [0.5, 0.6) is 5.75 Å². The predicted octanol–water partition coefficient (Wildman–Crippen LogP) is 2.12. The number of hydrogen-bond donors (Lipinski definition) is 1. The van der Waals surface area contributed by atoms with E-state index >= 15 is 0 Å². The van der Waals surface area contributed by atoms with Crippen LogP contribution in [0.3, 0.4) is 0 Å². The highest BCUT2D eigenvalue weighted by atomic mass is 32.2. The summed E-state index contributed by atoms with van der Waals surface area (Å²) in [6, 6.07) is 14.8. The number of hydrogen-bond acceptors (Lipinski definition) is 4. The lowest BCUT2D eigenvalue weighted by Gasteiger charge is -2.18. The van der Waals surface area contributed by atoms with E-state index in [4.69, 9.17) is 10.5 Å². The van der Waals surface area contributed by atoms with Crippen LogP contribution in [-0.4, -0.2) is 39.0 Å². The zero-order valence-electron chi connectivity index (χ0n) is 13.8. The molecule has 0 unspecified atom stereocenters. The molecule has 2 aromatic carbocycles. The fourth-order valence-electron chi connectivity index (χ4n) is 3.17. The minimum absolute atomic E-state index is 0.00298. The van der Waals surface area contributed by atoms with Crippen molar-refractivity contribution in [3.63, 3.8) is 0 Å². The first-order valence-corrected chi connectivity index (χ1v) is 9.33.